The van der Waals surface area contributed by atoms with Gasteiger partial charge in [0, 0.05) is 56.2 Å². The maximum atomic E-state index is 15.3. The van der Waals surface area contributed by atoms with Crippen LogP contribution in [0, 0.1) is 30.2 Å². The van der Waals surface area contributed by atoms with Crippen LogP contribution in [-0.4, -0.2) is 27.6 Å². The van der Waals surface area contributed by atoms with Crippen LogP contribution in [0.3, 0.4) is 0 Å². The Morgan fingerprint density at radius 3 is 2.17 bits per heavy atom. The minimum absolute atomic E-state index is 0. The Balaban J connectivity index is 0.000000220. The van der Waals surface area contributed by atoms with Gasteiger partial charge in [-0.15, -0.1) is 47.5 Å². The topological polar surface area (TPSA) is 56.7 Å². The molecule has 0 amide bonds. The third kappa shape index (κ3) is 9.47. The van der Waals surface area contributed by atoms with Crippen LogP contribution in [0.4, 0.5) is 4.39 Å². The van der Waals surface area contributed by atoms with Crippen molar-refractivity contribution >= 4 is 46.4 Å². The van der Waals surface area contributed by atoms with Crippen molar-refractivity contribution in [3.63, 3.8) is 0 Å². The third-order valence-electron chi connectivity index (χ3n) is 11.1. The Morgan fingerprint density at radius 1 is 0.828 bits per heavy atom. The number of benzene rings is 5. The van der Waals surface area contributed by atoms with Gasteiger partial charge in [-0.2, -0.15) is 0 Å². The molecule has 1 radical (unpaired) electrons. The number of rotatable bonds is 8. The summed E-state index contributed by atoms with van der Waals surface area (Å²) in [6.07, 6.45) is 1.92. The summed E-state index contributed by atoms with van der Waals surface area (Å²) in [5.74, 6) is 0.725. The fourth-order valence-electron chi connectivity index (χ4n) is 8.11. The molecule has 0 saturated heterocycles. The van der Waals surface area contributed by atoms with Crippen molar-refractivity contribution < 1.29 is 35.8 Å². The number of hydrogen-bond donors (Lipinski definition) is 0. The fraction of sp³-hybridized carbons (Fsp3) is 0.268. The number of imidazole rings is 1. The van der Waals surface area contributed by atoms with E-state index >= 15 is 4.39 Å². The zero-order valence-electron chi connectivity index (χ0n) is 43.1. The van der Waals surface area contributed by atoms with Crippen LogP contribution in [-0.2, 0) is 26.5 Å². The average Bonchev–Trinajstić information content (AvgIpc) is 3.88. The molecular weight excluding hydrogens is 984 g/mol. The first-order chi connectivity index (χ1) is 32.0. The van der Waals surface area contributed by atoms with Crippen molar-refractivity contribution in [3.05, 3.63) is 162 Å². The largest absolute Gasteiger partial charge is 0.486 e. The molecule has 5 nitrogen and oxygen atoms in total. The zero-order valence-corrected chi connectivity index (χ0v) is 41.5. The second-order valence-electron chi connectivity index (χ2n) is 18.8. The van der Waals surface area contributed by atoms with Crippen molar-refractivity contribution in [1.82, 2.24) is 19.5 Å². The number of nitrogens with zero attached hydrogens (tertiary/aromatic N) is 4. The van der Waals surface area contributed by atoms with E-state index in [-0.39, 0.29) is 37.5 Å². The van der Waals surface area contributed by atoms with E-state index in [1.165, 1.54) is 34.4 Å². The van der Waals surface area contributed by atoms with Crippen LogP contribution < -0.4 is 5.19 Å². The summed E-state index contributed by atoms with van der Waals surface area (Å²) in [6.45, 7) is 19.0. The van der Waals surface area contributed by atoms with E-state index in [1.54, 1.807) is 30.6 Å². The molecule has 0 N–H and O–H groups in total. The molecule has 64 heavy (non-hydrogen) atoms. The number of fused-ring (bicyclic) bond motifs is 4. The molecule has 5 aromatic carbocycles. The van der Waals surface area contributed by atoms with Gasteiger partial charge in [0.1, 0.15) is 0 Å². The zero-order chi connectivity index (χ0) is 49.1. The van der Waals surface area contributed by atoms with Gasteiger partial charge in [-0.3, -0.25) is 9.37 Å². The van der Waals surface area contributed by atoms with Crippen LogP contribution in [0.15, 0.2) is 126 Å². The molecular formula is C56H57FIrN4OSi-2. The molecule has 4 aromatic heterocycles. The Morgan fingerprint density at radius 2 is 1.53 bits per heavy atom. The molecule has 0 atom stereocenters. The monoisotopic (exact) mass is 1050 g/mol. The molecule has 0 fully saturated rings. The van der Waals surface area contributed by atoms with Crippen LogP contribution in [0.1, 0.15) is 89.4 Å². The summed E-state index contributed by atoms with van der Waals surface area (Å²) in [5.41, 5.74) is 10.7. The first kappa shape index (κ1) is 40.0. The smallest absolute Gasteiger partial charge is 0.216 e. The molecule has 329 valence electrons. The van der Waals surface area contributed by atoms with Gasteiger partial charge in [0.05, 0.1) is 30.5 Å². The summed E-state index contributed by atoms with van der Waals surface area (Å²) in [7, 11) is -1.81. The Bertz CT molecular complexity index is 3270. The van der Waals surface area contributed by atoms with Crippen LogP contribution in [0.2, 0.25) is 19.6 Å². The van der Waals surface area contributed by atoms with Gasteiger partial charge in [0.2, 0.25) is 5.71 Å². The van der Waals surface area contributed by atoms with Gasteiger partial charge < -0.3 is 14.0 Å². The molecule has 0 unspecified atom stereocenters. The summed E-state index contributed by atoms with van der Waals surface area (Å²) in [5, 5.41) is 2.04. The molecule has 4 heterocycles. The normalized spacial score (nSPS) is 13.5. The Kier molecular flexibility index (Phi) is 11.6. The molecule has 8 heteroatoms. The predicted molar refractivity (Wildman–Crippen MR) is 263 cm³/mol. The van der Waals surface area contributed by atoms with E-state index in [1.807, 2.05) is 57.2 Å². The maximum Gasteiger partial charge on any atom is 0.216 e. The van der Waals surface area contributed by atoms with Crippen LogP contribution >= 0.6 is 0 Å². The number of furan rings is 1. The van der Waals surface area contributed by atoms with Crippen molar-refractivity contribution in [1.29, 1.82) is 0 Å². The number of aryl methyl sites for hydroxylation is 1. The first-order valence-corrected chi connectivity index (χ1v) is 25.1. The average molecular weight is 1050 g/mol. The number of pyridine rings is 2. The van der Waals surface area contributed by atoms with E-state index in [2.05, 4.69) is 116 Å². The summed E-state index contributed by atoms with van der Waals surface area (Å²) in [6, 6.07) is 41.0. The minimum atomic E-state index is -2.17. The number of para-hydroxylation sites is 2. The summed E-state index contributed by atoms with van der Waals surface area (Å²) >= 11 is 0. The van der Waals surface area contributed by atoms with E-state index in [9.17, 15) is 0 Å². The second kappa shape index (κ2) is 18.5. The van der Waals surface area contributed by atoms with Gasteiger partial charge in [0.25, 0.3) is 0 Å². The predicted octanol–water partition coefficient (Wildman–Crippen LogP) is 14.8. The van der Waals surface area contributed by atoms with Crippen molar-refractivity contribution in [2.24, 2.45) is 5.41 Å². The van der Waals surface area contributed by atoms with Gasteiger partial charge in [-0.1, -0.05) is 135 Å². The molecule has 0 bridgehead atoms. The molecule has 9 rings (SSSR count). The standard InChI is InChI=1S/C36H29FN3O.C20H28NSi.Ir/c1-21(2)27-19-24(23-11-6-5-7-12-23)20-28(22(3)4)33(27)40-31-15-9-8-14-30(31)39-35(40)26-16-17-29(37)32-25-13-10-18-38-36(25)41-34(26)32;1-15-8-10-16(11-9-15)18-12-17(13-20(2,3)4)19(14-21-18)22(5,6)7;/h5-15,17-22H,1-4H3;8-10,12,14H,13H2,1-7H3;/q2*-1;/i;1D3,13D2;. The maximum absolute atomic E-state index is 15.3. The Hall–Kier alpha value is -5.53. The van der Waals surface area contributed by atoms with Crippen molar-refractivity contribution in [3.8, 4) is 39.5 Å². The van der Waals surface area contributed by atoms with Crippen molar-refractivity contribution in [2.45, 2.75) is 93.2 Å². The summed E-state index contributed by atoms with van der Waals surface area (Å²) < 4.78 is 63.7. The number of halogens is 1. The van der Waals surface area contributed by atoms with E-state index in [0.717, 1.165) is 21.9 Å². The van der Waals surface area contributed by atoms with Gasteiger partial charge in [-0.05, 0) is 98.5 Å². The van der Waals surface area contributed by atoms with Gasteiger partial charge in [0.15, 0.2) is 0 Å². The van der Waals surface area contributed by atoms with Crippen LogP contribution in [0.5, 0.6) is 0 Å². The molecule has 0 aliphatic carbocycles. The van der Waals surface area contributed by atoms with E-state index in [4.69, 9.17) is 16.3 Å². The van der Waals surface area contributed by atoms with Crippen molar-refractivity contribution in [2.75, 3.05) is 0 Å². The van der Waals surface area contributed by atoms with E-state index in [0.29, 0.717) is 50.3 Å². The molecule has 0 spiro atoms. The van der Waals surface area contributed by atoms with Gasteiger partial charge >= 0.3 is 0 Å². The molecule has 0 aliphatic heterocycles. The molecule has 0 saturated carbocycles. The minimum Gasteiger partial charge on any atom is -0.486 e. The van der Waals surface area contributed by atoms with Crippen LogP contribution in [0.25, 0.3) is 72.6 Å². The van der Waals surface area contributed by atoms with E-state index < -0.39 is 32.5 Å². The third-order valence-corrected chi connectivity index (χ3v) is 13.1. The molecule has 9 aromatic rings. The number of hydrogen-bond acceptors (Lipinski definition) is 4. The fourth-order valence-corrected chi connectivity index (χ4v) is 9.51. The quantitative estimate of drug-likeness (QED) is 0.112. The SMILES string of the molecule is CC(C)c1cc(-c2ccccc2)cc(C(C)C)c1-n1c(-c2[c-]cc(F)c3c2oc2ncccc23)nc2ccccc21.[2H]C([2H])([2H])c1c[c-]c(-c2cc(C([2H])([2H])C(C)(C)C)c([Si](C)(C)C)cn2)cc1.[Ir]. The second-order valence-corrected chi connectivity index (χ2v) is 23.9. The first-order valence-electron chi connectivity index (χ1n) is 24.1. The Labute approximate surface area is 399 Å². The number of aromatic nitrogens is 4. The molecule has 0 aliphatic rings. The summed E-state index contributed by atoms with van der Waals surface area (Å²) in [4.78, 5) is 14.0. The van der Waals surface area contributed by atoms with Gasteiger partial charge in [-0.25, -0.2) is 4.98 Å².